The van der Waals surface area contributed by atoms with Crippen molar-refractivity contribution in [2.75, 3.05) is 5.32 Å². The Balaban J connectivity index is 1.72. The fourth-order valence-electron chi connectivity index (χ4n) is 3.82. The molecule has 3 rings (SSSR count). The van der Waals surface area contributed by atoms with E-state index >= 15 is 0 Å². The minimum atomic E-state index is -3.91. The van der Waals surface area contributed by atoms with E-state index in [1.807, 2.05) is 0 Å². The quantitative estimate of drug-likeness (QED) is 0.620. The average molecular weight is 435 g/mol. The number of carbonyl (C=O) groups is 1. The molecule has 1 aliphatic carbocycles. The van der Waals surface area contributed by atoms with Crippen LogP contribution in [0.25, 0.3) is 0 Å². The summed E-state index contributed by atoms with van der Waals surface area (Å²) >= 11 is 0. The Hall–Kier alpha value is -2.29. The number of halogens is 1. The van der Waals surface area contributed by atoms with E-state index in [1.54, 1.807) is 13.8 Å². The minimum absolute atomic E-state index is 0.0593. The Bertz CT molecular complexity index is 1020. The number of rotatable bonds is 7. The SMILES string of the molecule is Cc1cc(NC(=O)c2cccc(S(=O)(=O)N[C@@H](C)C(O)C3CCCC3)c2)ccc1F. The molecule has 0 bridgehead atoms. The molecule has 0 spiro atoms. The molecule has 0 radical (unpaired) electrons. The Kier molecular flexibility index (Phi) is 6.90. The molecule has 1 unspecified atom stereocenters. The van der Waals surface area contributed by atoms with Gasteiger partial charge in [-0.3, -0.25) is 4.79 Å². The lowest BCUT2D eigenvalue weighted by Crippen LogP contribution is -2.44. The van der Waals surface area contributed by atoms with Gasteiger partial charge in [-0.15, -0.1) is 0 Å². The topological polar surface area (TPSA) is 95.5 Å². The van der Waals surface area contributed by atoms with E-state index in [-0.39, 0.29) is 22.2 Å². The second-order valence-electron chi connectivity index (χ2n) is 7.89. The van der Waals surface area contributed by atoms with Crippen LogP contribution in [0.3, 0.4) is 0 Å². The number of anilines is 1. The van der Waals surface area contributed by atoms with Crippen LogP contribution in [0, 0.1) is 18.7 Å². The molecule has 162 valence electrons. The second kappa shape index (κ2) is 9.24. The fraction of sp³-hybridized carbons (Fsp3) is 0.409. The number of sulfonamides is 1. The number of aryl methyl sites for hydroxylation is 1. The molecule has 2 aromatic carbocycles. The van der Waals surface area contributed by atoms with Crippen molar-refractivity contribution < 1.29 is 22.7 Å². The van der Waals surface area contributed by atoms with Crippen molar-refractivity contribution in [1.82, 2.24) is 4.72 Å². The van der Waals surface area contributed by atoms with Gasteiger partial charge < -0.3 is 10.4 Å². The Morgan fingerprint density at radius 2 is 1.87 bits per heavy atom. The zero-order valence-electron chi connectivity index (χ0n) is 17.1. The van der Waals surface area contributed by atoms with Crippen LogP contribution < -0.4 is 10.0 Å². The highest BCUT2D eigenvalue weighted by Crippen LogP contribution is 2.29. The van der Waals surface area contributed by atoms with E-state index in [2.05, 4.69) is 10.0 Å². The normalized spacial score (nSPS) is 16.9. The standard InChI is InChI=1S/C22H27FN2O4S/c1-14-12-18(10-11-20(14)23)24-22(27)17-8-5-9-19(13-17)30(28,29)25-15(2)21(26)16-6-3-4-7-16/h5,8-13,15-16,21,25-26H,3-4,6-7H2,1-2H3,(H,24,27)/t15-,21?/m0/s1. The Morgan fingerprint density at radius 3 is 2.53 bits per heavy atom. The Labute approximate surface area is 176 Å². The molecular weight excluding hydrogens is 407 g/mol. The van der Waals surface area contributed by atoms with Crippen LogP contribution in [-0.2, 0) is 10.0 Å². The molecule has 0 heterocycles. The maximum Gasteiger partial charge on any atom is 0.255 e. The number of aliphatic hydroxyl groups excluding tert-OH is 1. The largest absolute Gasteiger partial charge is 0.391 e. The summed E-state index contributed by atoms with van der Waals surface area (Å²) in [4.78, 5) is 12.5. The van der Waals surface area contributed by atoms with Crippen LogP contribution in [0.5, 0.6) is 0 Å². The summed E-state index contributed by atoms with van der Waals surface area (Å²) in [6, 6.07) is 9.22. The van der Waals surface area contributed by atoms with Gasteiger partial charge in [-0.05, 0) is 74.6 Å². The zero-order chi connectivity index (χ0) is 21.9. The van der Waals surface area contributed by atoms with Crippen molar-refractivity contribution in [1.29, 1.82) is 0 Å². The van der Waals surface area contributed by atoms with Gasteiger partial charge in [0.15, 0.2) is 0 Å². The molecule has 1 saturated carbocycles. The lowest BCUT2D eigenvalue weighted by Gasteiger charge is -2.25. The molecule has 8 heteroatoms. The molecule has 0 saturated heterocycles. The maximum absolute atomic E-state index is 13.4. The fourth-order valence-corrected chi connectivity index (χ4v) is 5.12. The van der Waals surface area contributed by atoms with Gasteiger partial charge in [0.1, 0.15) is 5.82 Å². The third kappa shape index (κ3) is 5.24. The molecule has 0 aromatic heterocycles. The van der Waals surface area contributed by atoms with Gasteiger partial charge in [-0.2, -0.15) is 0 Å². The van der Waals surface area contributed by atoms with Crippen LogP contribution in [0.1, 0.15) is 48.5 Å². The number of amides is 1. The van der Waals surface area contributed by atoms with Gasteiger partial charge in [-0.25, -0.2) is 17.5 Å². The predicted octanol–water partition coefficient (Wildman–Crippen LogP) is 3.60. The first-order chi connectivity index (χ1) is 14.2. The van der Waals surface area contributed by atoms with Crippen molar-refractivity contribution in [2.24, 2.45) is 5.92 Å². The molecule has 1 amide bonds. The molecule has 6 nitrogen and oxygen atoms in total. The number of benzene rings is 2. The van der Waals surface area contributed by atoms with Gasteiger partial charge in [0.05, 0.1) is 11.0 Å². The highest BCUT2D eigenvalue weighted by Gasteiger charge is 2.30. The summed E-state index contributed by atoms with van der Waals surface area (Å²) in [6.45, 7) is 3.24. The number of carbonyl (C=O) groups excluding carboxylic acids is 1. The van der Waals surface area contributed by atoms with Crippen molar-refractivity contribution in [3.05, 3.63) is 59.4 Å². The first-order valence-electron chi connectivity index (χ1n) is 10.1. The van der Waals surface area contributed by atoms with Crippen LogP contribution in [0.15, 0.2) is 47.4 Å². The van der Waals surface area contributed by atoms with E-state index in [1.165, 1.54) is 42.5 Å². The zero-order valence-corrected chi connectivity index (χ0v) is 17.9. The van der Waals surface area contributed by atoms with E-state index in [4.69, 9.17) is 0 Å². The smallest absolute Gasteiger partial charge is 0.255 e. The van der Waals surface area contributed by atoms with Crippen LogP contribution >= 0.6 is 0 Å². The Morgan fingerprint density at radius 1 is 1.17 bits per heavy atom. The average Bonchev–Trinajstić information content (AvgIpc) is 3.24. The molecule has 1 fully saturated rings. The van der Waals surface area contributed by atoms with Gasteiger partial charge >= 0.3 is 0 Å². The van der Waals surface area contributed by atoms with Crippen LogP contribution in [0.2, 0.25) is 0 Å². The minimum Gasteiger partial charge on any atom is -0.391 e. The molecule has 3 N–H and O–H groups in total. The highest BCUT2D eigenvalue weighted by atomic mass is 32.2. The lowest BCUT2D eigenvalue weighted by molar-refractivity contribution is 0.0848. The van der Waals surface area contributed by atoms with Crippen molar-refractivity contribution in [2.45, 2.75) is 56.6 Å². The third-order valence-corrected chi connectivity index (χ3v) is 7.12. The first kappa shape index (κ1) is 22.4. The van der Waals surface area contributed by atoms with Crippen LogP contribution in [0.4, 0.5) is 10.1 Å². The summed E-state index contributed by atoms with van der Waals surface area (Å²) in [5, 5.41) is 13.1. The number of nitrogens with one attached hydrogen (secondary N) is 2. The van der Waals surface area contributed by atoms with E-state index in [0.717, 1.165) is 25.7 Å². The van der Waals surface area contributed by atoms with Crippen molar-refractivity contribution >= 4 is 21.6 Å². The molecule has 30 heavy (non-hydrogen) atoms. The van der Waals surface area contributed by atoms with Gasteiger partial charge in [-0.1, -0.05) is 18.9 Å². The molecule has 0 aliphatic heterocycles. The second-order valence-corrected chi connectivity index (χ2v) is 9.60. The predicted molar refractivity (Wildman–Crippen MR) is 113 cm³/mol. The molecule has 2 aromatic rings. The van der Waals surface area contributed by atoms with E-state index in [9.17, 15) is 22.7 Å². The summed E-state index contributed by atoms with van der Waals surface area (Å²) in [7, 11) is -3.91. The summed E-state index contributed by atoms with van der Waals surface area (Å²) in [5.41, 5.74) is 0.963. The molecule has 2 atom stereocenters. The third-order valence-electron chi connectivity index (χ3n) is 5.56. The number of aliphatic hydroxyl groups is 1. The van der Waals surface area contributed by atoms with Gasteiger partial charge in [0.25, 0.3) is 5.91 Å². The van der Waals surface area contributed by atoms with E-state index in [0.29, 0.717) is 11.3 Å². The van der Waals surface area contributed by atoms with Crippen molar-refractivity contribution in [3.8, 4) is 0 Å². The van der Waals surface area contributed by atoms with Crippen molar-refractivity contribution in [3.63, 3.8) is 0 Å². The number of hydrogen-bond acceptors (Lipinski definition) is 4. The van der Waals surface area contributed by atoms with E-state index < -0.39 is 28.1 Å². The first-order valence-corrected chi connectivity index (χ1v) is 11.5. The summed E-state index contributed by atoms with van der Waals surface area (Å²) < 4.78 is 41.5. The monoisotopic (exact) mass is 434 g/mol. The number of hydrogen-bond donors (Lipinski definition) is 3. The molecule has 1 aliphatic rings. The highest BCUT2D eigenvalue weighted by molar-refractivity contribution is 7.89. The summed E-state index contributed by atoms with van der Waals surface area (Å²) in [6.07, 6.45) is 3.13. The summed E-state index contributed by atoms with van der Waals surface area (Å²) in [5.74, 6) is -0.780. The maximum atomic E-state index is 13.4. The molecular formula is C22H27FN2O4S. The lowest BCUT2D eigenvalue weighted by atomic mass is 9.96. The van der Waals surface area contributed by atoms with Gasteiger partial charge in [0.2, 0.25) is 10.0 Å². The van der Waals surface area contributed by atoms with Gasteiger partial charge in [0, 0.05) is 17.3 Å². The van der Waals surface area contributed by atoms with Crippen LogP contribution in [-0.4, -0.2) is 31.6 Å².